The van der Waals surface area contributed by atoms with Crippen molar-refractivity contribution < 1.29 is 0 Å². The van der Waals surface area contributed by atoms with Crippen LogP contribution in [0.3, 0.4) is 0 Å². The first-order chi connectivity index (χ1) is 8.81. The molecule has 0 aliphatic rings. The van der Waals surface area contributed by atoms with Crippen LogP contribution in [0, 0.1) is 0 Å². The van der Waals surface area contributed by atoms with Crippen molar-refractivity contribution >= 4 is 0 Å². The SMILES string of the molecule is CCCCCCCCC(NN)c1cnn(CC)c1. The first-order valence-corrected chi connectivity index (χ1v) is 7.30. The maximum absolute atomic E-state index is 5.63. The number of nitrogens with one attached hydrogen (secondary N) is 1. The molecular weight excluding hydrogens is 224 g/mol. The quantitative estimate of drug-likeness (QED) is 0.382. The van der Waals surface area contributed by atoms with Gasteiger partial charge < -0.3 is 0 Å². The molecule has 1 unspecified atom stereocenters. The van der Waals surface area contributed by atoms with Crippen LogP contribution >= 0.6 is 0 Å². The van der Waals surface area contributed by atoms with Gasteiger partial charge in [-0.1, -0.05) is 45.4 Å². The number of hydrogen-bond donors (Lipinski definition) is 2. The van der Waals surface area contributed by atoms with Crippen molar-refractivity contribution in [2.24, 2.45) is 5.84 Å². The first kappa shape index (κ1) is 15.2. The summed E-state index contributed by atoms with van der Waals surface area (Å²) in [7, 11) is 0. The molecule has 0 spiro atoms. The summed E-state index contributed by atoms with van der Waals surface area (Å²) in [5.41, 5.74) is 4.11. The van der Waals surface area contributed by atoms with Crippen molar-refractivity contribution in [2.45, 2.75) is 71.4 Å². The summed E-state index contributed by atoms with van der Waals surface area (Å²) < 4.78 is 1.95. The molecule has 104 valence electrons. The summed E-state index contributed by atoms with van der Waals surface area (Å²) in [5, 5.41) is 4.29. The molecule has 0 aromatic carbocycles. The van der Waals surface area contributed by atoms with E-state index in [9.17, 15) is 0 Å². The Hall–Kier alpha value is -0.870. The molecule has 1 rings (SSSR count). The number of unbranched alkanes of at least 4 members (excludes halogenated alkanes) is 5. The molecule has 18 heavy (non-hydrogen) atoms. The van der Waals surface area contributed by atoms with E-state index in [-0.39, 0.29) is 6.04 Å². The molecule has 1 aromatic rings. The minimum atomic E-state index is 0.247. The zero-order valence-corrected chi connectivity index (χ0v) is 11.9. The molecule has 0 aliphatic carbocycles. The average molecular weight is 252 g/mol. The number of nitrogens with zero attached hydrogens (tertiary/aromatic N) is 2. The fraction of sp³-hybridized carbons (Fsp3) is 0.786. The third-order valence-electron chi connectivity index (χ3n) is 3.43. The highest BCUT2D eigenvalue weighted by Crippen LogP contribution is 2.19. The van der Waals surface area contributed by atoms with Gasteiger partial charge in [-0.25, -0.2) is 0 Å². The molecule has 0 saturated heterocycles. The Morgan fingerprint density at radius 3 is 2.56 bits per heavy atom. The molecule has 0 saturated carbocycles. The van der Waals surface area contributed by atoms with Crippen LogP contribution in [-0.4, -0.2) is 9.78 Å². The summed E-state index contributed by atoms with van der Waals surface area (Å²) in [6.45, 7) is 5.25. The summed E-state index contributed by atoms with van der Waals surface area (Å²) in [6.07, 6.45) is 13.0. The number of nitrogens with two attached hydrogens (primary N) is 1. The van der Waals surface area contributed by atoms with E-state index in [4.69, 9.17) is 5.84 Å². The van der Waals surface area contributed by atoms with Crippen molar-refractivity contribution in [3.05, 3.63) is 18.0 Å². The second-order valence-electron chi connectivity index (χ2n) is 4.91. The topological polar surface area (TPSA) is 55.9 Å². The lowest BCUT2D eigenvalue weighted by Gasteiger charge is -2.13. The van der Waals surface area contributed by atoms with E-state index in [1.54, 1.807) is 0 Å². The molecular formula is C14H28N4. The monoisotopic (exact) mass is 252 g/mol. The van der Waals surface area contributed by atoms with Crippen LogP contribution in [-0.2, 0) is 6.54 Å². The summed E-state index contributed by atoms with van der Waals surface area (Å²) in [5.74, 6) is 5.63. The van der Waals surface area contributed by atoms with Crippen LogP contribution in [0.2, 0.25) is 0 Å². The molecule has 0 radical (unpaired) electrons. The molecule has 1 aromatic heterocycles. The lowest BCUT2D eigenvalue weighted by Crippen LogP contribution is -2.27. The first-order valence-electron chi connectivity index (χ1n) is 7.30. The van der Waals surface area contributed by atoms with E-state index < -0.39 is 0 Å². The van der Waals surface area contributed by atoms with Crippen LogP contribution < -0.4 is 11.3 Å². The van der Waals surface area contributed by atoms with Gasteiger partial charge in [0, 0.05) is 24.3 Å². The lowest BCUT2D eigenvalue weighted by atomic mass is 10.0. The molecule has 3 N–H and O–H groups in total. The van der Waals surface area contributed by atoms with E-state index in [2.05, 4.69) is 30.6 Å². The largest absolute Gasteiger partial charge is 0.273 e. The van der Waals surface area contributed by atoms with Gasteiger partial charge in [-0.05, 0) is 13.3 Å². The van der Waals surface area contributed by atoms with Crippen LogP contribution in [0.15, 0.2) is 12.4 Å². The van der Waals surface area contributed by atoms with Gasteiger partial charge in [-0.2, -0.15) is 5.10 Å². The minimum Gasteiger partial charge on any atom is -0.273 e. The predicted molar refractivity (Wildman–Crippen MR) is 76.0 cm³/mol. The Morgan fingerprint density at radius 1 is 1.22 bits per heavy atom. The Bertz CT molecular complexity index is 308. The van der Waals surface area contributed by atoms with Crippen molar-refractivity contribution in [3.63, 3.8) is 0 Å². The second-order valence-corrected chi connectivity index (χ2v) is 4.91. The fourth-order valence-corrected chi connectivity index (χ4v) is 2.21. The number of aromatic nitrogens is 2. The number of hydrogen-bond acceptors (Lipinski definition) is 3. The highest BCUT2D eigenvalue weighted by Gasteiger charge is 2.11. The maximum Gasteiger partial charge on any atom is 0.0538 e. The van der Waals surface area contributed by atoms with Gasteiger partial charge >= 0.3 is 0 Å². The van der Waals surface area contributed by atoms with E-state index >= 15 is 0 Å². The van der Waals surface area contributed by atoms with Gasteiger partial charge in [-0.15, -0.1) is 0 Å². The lowest BCUT2D eigenvalue weighted by molar-refractivity contribution is 0.476. The molecule has 0 bridgehead atoms. The Kier molecular flexibility index (Phi) is 7.69. The summed E-state index contributed by atoms with van der Waals surface area (Å²) in [4.78, 5) is 0. The van der Waals surface area contributed by atoms with Crippen LogP contribution in [0.4, 0.5) is 0 Å². The Morgan fingerprint density at radius 2 is 1.94 bits per heavy atom. The van der Waals surface area contributed by atoms with Gasteiger partial charge in [0.1, 0.15) is 0 Å². The molecule has 0 aliphatic heterocycles. The molecule has 1 atom stereocenters. The normalized spacial score (nSPS) is 12.8. The minimum absolute atomic E-state index is 0.247. The van der Waals surface area contributed by atoms with Crippen molar-refractivity contribution in [3.8, 4) is 0 Å². The highest BCUT2D eigenvalue weighted by molar-refractivity contribution is 5.09. The van der Waals surface area contributed by atoms with Crippen molar-refractivity contribution in [1.29, 1.82) is 0 Å². The van der Waals surface area contributed by atoms with Gasteiger partial charge in [-0.3, -0.25) is 16.0 Å². The molecule has 0 fully saturated rings. The third kappa shape index (κ3) is 5.19. The van der Waals surface area contributed by atoms with Crippen LogP contribution in [0.25, 0.3) is 0 Å². The number of hydrazine groups is 1. The van der Waals surface area contributed by atoms with E-state index in [1.807, 2.05) is 10.9 Å². The average Bonchev–Trinajstić information content (AvgIpc) is 2.87. The fourth-order valence-electron chi connectivity index (χ4n) is 2.21. The summed E-state index contributed by atoms with van der Waals surface area (Å²) in [6, 6.07) is 0.247. The standard InChI is InChI=1S/C14H28N4/c1-3-5-6-7-8-9-10-14(17-15)13-11-16-18(4-2)12-13/h11-12,14,17H,3-10,15H2,1-2H3. The maximum atomic E-state index is 5.63. The van der Waals surface area contributed by atoms with Crippen LogP contribution in [0.5, 0.6) is 0 Å². The van der Waals surface area contributed by atoms with Crippen LogP contribution in [0.1, 0.15) is 70.4 Å². The number of rotatable bonds is 10. The van der Waals surface area contributed by atoms with E-state index in [0.29, 0.717) is 0 Å². The summed E-state index contributed by atoms with van der Waals surface area (Å²) >= 11 is 0. The molecule has 1 heterocycles. The third-order valence-corrected chi connectivity index (χ3v) is 3.43. The van der Waals surface area contributed by atoms with Gasteiger partial charge in [0.2, 0.25) is 0 Å². The zero-order chi connectivity index (χ0) is 13.2. The van der Waals surface area contributed by atoms with E-state index in [1.165, 1.54) is 44.1 Å². The smallest absolute Gasteiger partial charge is 0.0538 e. The highest BCUT2D eigenvalue weighted by atomic mass is 15.3. The molecule has 0 amide bonds. The van der Waals surface area contributed by atoms with Gasteiger partial charge in [0.15, 0.2) is 0 Å². The molecule has 4 nitrogen and oxygen atoms in total. The number of aryl methyl sites for hydroxylation is 1. The van der Waals surface area contributed by atoms with Crippen molar-refractivity contribution in [1.82, 2.24) is 15.2 Å². The second kappa shape index (κ2) is 9.11. The van der Waals surface area contributed by atoms with E-state index in [0.717, 1.165) is 13.0 Å². The zero-order valence-electron chi connectivity index (χ0n) is 11.9. The van der Waals surface area contributed by atoms with Gasteiger partial charge in [0.25, 0.3) is 0 Å². The Balaban J connectivity index is 2.25. The Labute approximate surface area is 111 Å². The van der Waals surface area contributed by atoms with Crippen molar-refractivity contribution in [2.75, 3.05) is 0 Å². The molecule has 4 heteroatoms. The van der Waals surface area contributed by atoms with Gasteiger partial charge in [0.05, 0.1) is 6.20 Å². The predicted octanol–water partition coefficient (Wildman–Crippen LogP) is 3.16.